The minimum atomic E-state index is -3.53. The monoisotopic (exact) mass is 301 g/mol. The van der Waals surface area contributed by atoms with Crippen molar-refractivity contribution in [1.82, 2.24) is 0 Å². The Morgan fingerprint density at radius 1 is 1.45 bits per heavy atom. The smallest absolute Gasteiger partial charge is 0.232 e. The maximum absolute atomic E-state index is 13.6. The third kappa shape index (κ3) is 5.57. The van der Waals surface area contributed by atoms with Gasteiger partial charge in [0.05, 0.1) is 17.0 Å². The van der Waals surface area contributed by atoms with Crippen LogP contribution < -0.4 is 4.72 Å². The molecule has 0 amide bonds. The average Bonchev–Trinajstić information content (AvgIpc) is 2.37. The number of benzene rings is 1. The molecule has 0 unspecified atom stereocenters. The lowest BCUT2D eigenvalue weighted by atomic mass is 10.2. The molecule has 0 heterocycles. The van der Waals surface area contributed by atoms with Crippen molar-refractivity contribution < 1.29 is 22.7 Å². The van der Waals surface area contributed by atoms with E-state index < -0.39 is 15.8 Å². The van der Waals surface area contributed by atoms with Crippen LogP contribution in [-0.2, 0) is 14.8 Å². The minimum absolute atomic E-state index is 0.0985. The zero-order valence-corrected chi connectivity index (χ0v) is 11.8. The van der Waals surface area contributed by atoms with Crippen LogP contribution in [0, 0.1) is 17.7 Å². The molecule has 0 aliphatic rings. The predicted molar refractivity (Wildman–Crippen MR) is 74.3 cm³/mol. The molecular formula is C13H16FNO4S. The van der Waals surface area contributed by atoms with E-state index in [1.54, 1.807) is 0 Å². The van der Waals surface area contributed by atoms with E-state index in [0.717, 1.165) is 6.07 Å². The Hall–Kier alpha value is -1.62. The Morgan fingerprint density at radius 3 is 2.80 bits per heavy atom. The van der Waals surface area contributed by atoms with Crippen molar-refractivity contribution in [2.75, 3.05) is 30.8 Å². The summed E-state index contributed by atoms with van der Waals surface area (Å²) in [6, 6.07) is 3.82. The van der Waals surface area contributed by atoms with Crippen LogP contribution in [0.3, 0.4) is 0 Å². The molecule has 7 heteroatoms. The van der Waals surface area contributed by atoms with Crippen LogP contribution in [0.25, 0.3) is 0 Å². The number of sulfonamides is 1. The molecule has 2 N–H and O–H groups in total. The van der Waals surface area contributed by atoms with Crippen molar-refractivity contribution >= 4 is 15.7 Å². The quantitative estimate of drug-likeness (QED) is 0.606. The fourth-order valence-electron chi connectivity index (χ4n) is 1.44. The molecule has 0 aliphatic heterocycles. The van der Waals surface area contributed by atoms with Gasteiger partial charge in [0.2, 0.25) is 10.0 Å². The molecule has 0 saturated carbocycles. The number of rotatable bonds is 6. The third-order valence-corrected chi connectivity index (χ3v) is 3.68. The van der Waals surface area contributed by atoms with Crippen molar-refractivity contribution in [2.45, 2.75) is 6.42 Å². The van der Waals surface area contributed by atoms with E-state index in [2.05, 4.69) is 16.6 Å². The molecule has 0 spiro atoms. The highest BCUT2D eigenvalue weighted by molar-refractivity contribution is 7.92. The number of halogens is 1. The molecule has 0 radical (unpaired) electrons. The maximum Gasteiger partial charge on any atom is 0.232 e. The highest BCUT2D eigenvalue weighted by Gasteiger charge is 2.11. The molecule has 1 aromatic carbocycles. The van der Waals surface area contributed by atoms with Crippen LogP contribution >= 0.6 is 0 Å². The molecule has 0 bridgehead atoms. The lowest BCUT2D eigenvalue weighted by molar-refractivity contribution is 0.199. The Kier molecular flexibility index (Phi) is 6.45. The van der Waals surface area contributed by atoms with Gasteiger partial charge in [-0.1, -0.05) is 11.8 Å². The van der Waals surface area contributed by atoms with E-state index in [4.69, 9.17) is 9.84 Å². The summed E-state index contributed by atoms with van der Waals surface area (Å²) in [6.07, 6.45) is 0.356. The van der Waals surface area contributed by atoms with Crippen molar-refractivity contribution in [3.63, 3.8) is 0 Å². The van der Waals surface area contributed by atoms with E-state index in [9.17, 15) is 12.8 Å². The summed E-state index contributed by atoms with van der Waals surface area (Å²) in [4.78, 5) is 0. The van der Waals surface area contributed by atoms with Crippen LogP contribution in [-0.4, -0.2) is 39.6 Å². The summed E-state index contributed by atoms with van der Waals surface area (Å²) < 4.78 is 44.1. The third-order valence-electron chi connectivity index (χ3n) is 2.31. The number of aliphatic hydroxyl groups is 1. The molecule has 1 aromatic rings. The number of nitrogens with one attached hydrogen (secondary N) is 1. The number of aliphatic hydroxyl groups excluding tert-OH is 1. The first-order chi connectivity index (χ1) is 9.48. The van der Waals surface area contributed by atoms with E-state index in [0.29, 0.717) is 13.0 Å². The standard InChI is InChI=1S/C13H16FNO4S/c1-19-8-3-9-20(17,18)15-12-6-5-11(4-2-7-16)13(14)10-12/h5-6,10,15-16H,3,7-9H2,1H3. The topological polar surface area (TPSA) is 75.6 Å². The van der Waals surface area contributed by atoms with Gasteiger partial charge < -0.3 is 9.84 Å². The van der Waals surface area contributed by atoms with Crippen molar-refractivity contribution in [3.05, 3.63) is 29.6 Å². The highest BCUT2D eigenvalue weighted by atomic mass is 32.2. The van der Waals surface area contributed by atoms with Crippen molar-refractivity contribution in [3.8, 4) is 11.8 Å². The van der Waals surface area contributed by atoms with Crippen molar-refractivity contribution in [2.24, 2.45) is 0 Å². The van der Waals surface area contributed by atoms with E-state index in [1.807, 2.05) is 0 Å². The van der Waals surface area contributed by atoms with Gasteiger partial charge in [-0.15, -0.1) is 0 Å². The number of methoxy groups -OCH3 is 1. The SMILES string of the molecule is COCCCS(=O)(=O)Nc1ccc(C#CCO)c(F)c1. The molecule has 110 valence electrons. The Balaban J connectivity index is 2.76. The van der Waals surface area contributed by atoms with Gasteiger partial charge in [-0.3, -0.25) is 4.72 Å². The fraction of sp³-hybridized carbons (Fsp3) is 0.385. The molecule has 0 saturated heterocycles. The van der Waals surface area contributed by atoms with Gasteiger partial charge in [0.25, 0.3) is 0 Å². The Bertz CT molecular complexity index is 605. The number of hydrogen-bond donors (Lipinski definition) is 2. The molecule has 0 fully saturated rings. The van der Waals surface area contributed by atoms with Gasteiger partial charge in [-0.05, 0) is 24.6 Å². The summed E-state index contributed by atoms with van der Waals surface area (Å²) >= 11 is 0. The van der Waals surface area contributed by atoms with Gasteiger partial charge in [0.15, 0.2) is 0 Å². The molecule has 5 nitrogen and oxygen atoms in total. The van der Waals surface area contributed by atoms with Crippen LogP contribution in [0.15, 0.2) is 18.2 Å². The average molecular weight is 301 g/mol. The van der Waals surface area contributed by atoms with Gasteiger partial charge in [-0.25, -0.2) is 12.8 Å². The zero-order valence-electron chi connectivity index (χ0n) is 11.0. The zero-order chi connectivity index (χ0) is 15.0. The molecule has 1 rings (SSSR count). The molecular weight excluding hydrogens is 285 g/mol. The second-order valence-electron chi connectivity index (χ2n) is 3.92. The van der Waals surface area contributed by atoms with Crippen LogP contribution in [0.1, 0.15) is 12.0 Å². The summed E-state index contributed by atoms with van der Waals surface area (Å²) in [5.74, 6) is 3.99. The first-order valence-corrected chi connectivity index (χ1v) is 7.52. The second-order valence-corrected chi connectivity index (χ2v) is 5.76. The normalized spacial score (nSPS) is 10.8. The first-order valence-electron chi connectivity index (χ1n) is 5.87. The van der Waals surface area contributed by atoms with Crippen LogP contribution in [0.4, 0.5) is 10.1 Å². The first kappa shape index (κ1) is 16.4. The van der Waals surface area contributed by atoms with E-state index >= 15 is 0 Å². The summed E-state index contributed by atoms with van der Waals surface area (Å²) in [5.41, 5.74) is 0.232. The van der Waals surface area contributed by atoms with Crippen LogP contribution in [0.2, 0.25) is 0 Å². The molecule has 0 atom stereocenters. The summed E-state index contributed by atoms with van der Waals surface area (Å²) in [6.45, 7) is -0.0295. The Morgan fingerprint density at radius 2 is 2.20 bits per heavy atom. The largest absolute Gasteiger partial charge is 0.385 e. The summed E-state index contributed by atoms with van der Waals surface area (Å²) in [7, 11) is -2.04. The lowest BCUT2D eigenvalue weighted by Crippen LogP contribution is -2.17. The summed E-state index contributed by atoms with van der Waals surface area (Å²) in [5, 5.41) is 8.53. The van der Waals surface area contributed by atoms with Crippen LogP contribution in [0.5, 0.6) is 0 Å². The highest BCUT2D eigenvalue weighted by Crippen LogP contribution is 2.15. The van der Waals surface area contributed by atoms with Crippen molar-refractivity contribution in [1.29, 1.82) is 0 Å². The van der Waals surface area contributed by atoms with Gasteiger partial charge in [0, 0.05) is 13.7 Å². The Labute approximate surface area is 117 Å². The predicted octanol–water partition coefficient (Wildman–Crippen LogP) is 0.948. The fourth-order valence-corrected chi connectivity index (χ4v) is 2.52. The molecule has 0 aliphatic carbocycles. The van der Waals surface area contributed by atoms with E-state index in [-0.39, 0.29) is 23.6 Å². The van der Waals surface area contributed by atoms with Gasteiger partial charge >= 0.3 is 0 Å². The van der Waals surface area contributed by atoms with Gasteiger partial charge in [0.1, 0.15) is 12.4 Å². The lowest BCUT2D eigenvalue weighted by Gasteiger charge is -2.08. The van der Waals surface area contributed by atoms with E-state index in [1.165, 1.54) is 19.2 Å². The maximum atomic E-state index is 13.6. The molecule has 0 aromatic heterocycles. The van der Waals surface area contributed by atoms with Gasteiger partial charge in [-0.2, -0.15) is 0 Å². The molecule has 20 heavy (non-hydrogen) atoms. The number of ether oxygens (including phenoxy) is 1. The second kappa shape index (κ2) is 7.85. The minimum Gasteiger partial charge on any atom is -0.385 e. The number of hydrogen-bond acceptors (Lipinski definition) is 4. The number of anilines is 1.